The van der Waals surface area contributed by atoms with Crippen molar-refractivity contribution in [3.8, 4) is 5.75 Å². The van der Waals surface area contributed by atoms with E-state index in [4.69, 9.17) is 9.47 Å². The van der Waals surface area contributed by atoms with Gasteiger partial charge in [-0.25, -0.2) is 19.3 Å². The van der Waals surface area contributed by atoms with E-state index in [1.807, 2.05) is 0 Å². The molecule has 0 radical (unpaired) electrons. The van der Waals surface area contributed by atoms with E-state index in [2.05, 4.69) is 24.8 Å². The van der Waals surface area contributed by atoms with Gasteiger partial charge in [-0.1, -0.05) is 0 Å². The molecule has 25 heavy (non-hydrogen) atoms. The summed E-state index contributed by atoms with van der Waals surface area (Å²) in [5.41, 5.74) is 0.239. The third-order valence-corrected chi connectivity index (χ3v) is 4.61. The topological polar surface area (TPSA) is 76.2 Å². The number of nitrogens with one attached hydrogen (secondary N) is 1. The Kier molecular flexibility index (Phi) is 3.96. The van der Waals surface area contributed by atoms with E-state index in [9.17, 15) is 4.39 Å². The van der Waals surface area contributed by atoms with Gasteiger partial charge >= 0.3 is 0 Å². The number of nitrogens with zero attached hydrogens (tertiary/aromatic N) is 4. The number of fused-ring (bicyclic) bond motifs is 1. The molecule has 0 saturated carbocycles. The molecule has 130 valence electrons. The molecule has 1 saturated heterocycles. The van der Waals surface area contributed by atoms with E-state index in [1.165, 1.54) is 13.4 Å². The average Bonchev–Trinajstić information content (AvgIpc) is 3.31. The molecular formula is C17H18FN5O2. The van der Waals surface area contributed by atoms with Crippen molar-refractivity contribution in [2.24, 2.45) is 0 Å². The van der Waals surface area contributed by atoms with Crippen molar-refractivity contribution in [1.29, 1.82) is 0 Å². The molecular weight excluding hydrogens is 325 g/mol. The number of methoxy groups -OCH3 is 2. The van der Waals surface area contributed by atoms with Crippen molar-refractivity contribution in [2.45, 2.75) is 18.6 Å². The van der Waals surface area contributed by atoms with Gasteiger partial charge in [-0.2, -0.15) is 0 Å². The zero-order valence-corrected chi connectivity index (χ0v) is 13.9. The van der Waals surface area contributed by atoms with Gasteiger partial charge in [-0.3, -0.25) is 0 Å². The van der Waals surface area contributed by atoms with Crippen LogP contribution >= 0.6 is 0 Å². The van der Waals surface area contributed by atoms with Crippen LogP contribution in [0.15, 0.2) is 30.9 Å². The monoisotopic (exact) mass is 343 g/mol. The normalized spacial score (nSPS) is 20.4. The fraction of sp³-hybridized carbons (Fsp3) is 0.353. The molecule has 7 nitrogen and oxygen atoms in total. The molecule has 1 unspecified atom stereocenters. The molecule has 2 aromatic heterocycles. The second kappa shape index (κ2) is 6.29. The summed E-state index contributed by atoms with van der Waals surface area (Å²) in [4.78, 5) is 18.1. The standard InChI is InChI=1S/C17H18FN5O2/c1-24-10-7-12(16-19-5-6-20-16)23(8-10)17-11-3-4-13(25-2)14(18)15(11)21-9-22-17/h3-6,9-10,12H,7-8H2,1-2H3,(H,19,20)/t10-,12?/m1/s1. The van der Waals surface area contributed by atoms with Crippen molar-refractivity contribution in [1.82, 2.24) is 19.9 Å². The number of aromatic nitrogens is 4. The summed E-state index contributed by atoms with van der Waals surface area (Å²) < 4.78 is 25.2. The van der Waals surface area contributed by atoms with E-state index in [-0.39, 0.29) is 23.4 Å². The minimum Gasteiger partial charge on any atom is -0.494 e. The number of aromatic amines is 1. The molecule has 1 fully saturated rings. The Bertz CT molecular complexity index is 886. The quantitative estimate of drug-likeness (QED) is 0.784. The van der Waals surface area contributed by atoms with Crippen molar-refractivity contribution in [2.75, 3.05) is 25.7 Å². The van der Waals surface area contributed by atoms with Gasteiger partial charge in [-0.15, -0.1) is 0 Å². The maximum absolute atomic E-state index is 14.6. The predicted octanol–water partition coefficient (Wildman–Crippen LogP) is 2.47. The predicted molar refractivity (Wildman–Crippen MR) is 90.1 cm³/mol. The van der Waals surface area contributed by atoms with Gasteiger partial charge in [0.05, 0.1) is 19.3 Å². The van der Waals surface area contributed by atoms with Crippen LogP contribution in [-0.2, 0) is 4.74 Å². The number of rotatable bonds is 4. The highest BCUT2D eigenvalue weighted by Crippen LogP contribution is 2.38. The van der Waals surface area contributed by atoms with Crippen LogP contribution in [0.25, 0.3) is 10.9 Å². The first-order chi connectivity index (χ1) is 12.2. The fourth-order valence-electron chi connectivity index (χ4n) is 3.37. The minimum absolute atomic E-state index is 0.0248. The number of anilines is 1. The molecule has 0 amide bonds. The number of imidazole rings is 1. The third-order valence-electron chi connectivity index (χ3n) is 4.61. The summed E-state index contributed by atoms with van der Waals surface area (Å²) in [7, 11) is 3.12. The Morgan fingerprint density at radius 1 is 1.24 bits per heavy atom. The van der Waals surface area contributed by atoms with E-state index in [1.54, 1.807) is 31.6 Å². The molecule has 0 spiro atoms. The summed E-state index contributed by atoms with van der Waals surface area (Å²) in [6, 6.07) is 3.35. The van der Waals surface area contributed by atoms with Gasteiger partial charge in [-0.05, 0) is 12.1 Å². The molecule has 1 aliphatic heterocycles. The molecule has 0 aliphatic carbocycles. The zero-order valence-electron chi connectivity index (χ0n) is 13.9. The van der Waals surface area contributed by atoms with Crippen LogP contribution in [0.4, 0.5) is 10.2 Å². The number of hydrogen-bond acceptors (Lipinski definition) is 6. The molecule has 8 heteroatoms. The first-order valence-electron chi connectivity index (χ1n) is 7.98. The van der Waals surface area contributed by atoms with Crippen molar-refractivity contribution in [3.63, 3.8) is 0 Å². The van der Waals surface area contributed by atoms with Crippen LogP contribution < -0.4 is 9.64 Å². The first-order valence-corrected chi connectivity index (χ1v) is 7.98. The number of H-pyrrole nitrogens is 1. The summed E-state index contributed by atoms with van der Waals surface area (Å²) in [5.74, 6) is 1.17. The summed E-state index contributed by atoms with van der Waals surface area (Å²) in [6.07, 6.45) is 5.70. The molecule has 1 aromatic carbocycles. The van der Waals surface area contributed by atoms with Gasteiger partial charge in [0.25, 0.3) is 0 Å². The first kappa shape index (κ1) is 15.8. The molecule has 4 rings (SSSR count). The molecule has 1 aliphatic rings. The van der Waals surface area contributed by atoms with E-state index >= 15 is 0 Å². The van der Waals surface area contributed by atoms with Gasteiger partial charge in [0.2, 0.25) is 0 Å². The molecule has 2 atom stereocenters. The van der Waals surface area contributed by atoms with Gasteiger partial charge in [0.15, 0.2) is 11.6 Å². The second-order valence-electron chi connectivity index (χ2n) is 5.91. The van der Waals surface area contributed by atoms with E-state index < -0.39 is 5.82 Å². The maximum atomic E-state index is 14.6. The molecule has 1 N–H and O–H groups in total. The van der Waals surface area contributed by atoms with Crippen molar-refractivity contribution >= 4 is 16.7 Å². The third kappa shape index (κ3) is 2.58. The highest BCUT2D eigenvalue weighted by molar-refractivity contribution is 5.91. The second-order valence-corrected chi connectivity index (χ2v) is 5.91. The Labute approximate surface area is 143 Å². The Hall–Kier alpha value is -2.74. The van der Waals surface area contributed by atoms with Crippen LogP contribution in [0.1, 0.15) is 18.3 Å². The minimum atomic E-state index is -0.485. The van der Waals surface area contributed by atoms with Crippen LogP contribution in [-0.4, -0.2) is 46.8 Å². The summed E-state index contributed by atoms with van der Waals surface area (Å²) in [6.45, 7) is 0.641. The van der Waals surface area contributed by atoms with Crippen LogP contribution in [0.2, 0.25) is 0 Å². The highest BCUT2D eigenvalue weighted by Gasteiger charge is 2.36. The van der Waals surface area contributed by atoms with Gasteiger partial charge < -0.3 is 19.4 Å². The number of hydrogen-bond donors (Lipinski definition) is 1. The van der Waals surface area contributed by atoms with E-state index in [0.717, 1.165) is 12.2 Å². The van der Waals surface area contributed by atoms with E-state index in [0.29, 0.717) is 17.7 Å². The lowest BCUT2D eigenvalue weighted by Crippen LogP contribution is -2.26. The Balaban J connectivity index is 1.83. The lowest BCUT2D eigenvalue weighted by molar-refractivity contribution is 0.118. The van der Waals surface area contributed by atoms with Gasteiger partial charge in [0.1, 0.15) is 23.5 Å². The molecule has 0 bridgehead atoms. The summed E-state index contributed by atoms with van der Waals surface area (Å²) in [5, 5.41) is 0.633. The SMILES string of the molecule is COc1ccc2c(N3C[C@H](OC)CC3c3ncc[nH]3)ncnc2c1F. The lowest BCUT2D eigenvalue weighted by Gasteiger charge is -2.25. The molecule has 3 heterocycles. The van der Waals surface area contributed by atoms with Crippen LogP contribution in [0.3, 0.4) is 0 Å². The number of benzene rings is 1. The fourth-order valence-corrected chi connectivity index (χ4v) is 3.37. The Morgan fingerprint density at radius 2 is 2.12 bits per heavy atom. The maximum Gasteiger partial charge on any atom is 0.191 e. The smallest absolute Gasteiger partial charge is 0.191 e. The zero-order chi connectivity index (χ0) is 17.4. The number of halogens is 1. The Morgan fingerprint density at radius 3 is 2.84 bits per heavy atom. The highest BCUT2D eigenvalue weighted by atomic mass is 19.1. The lowest BCUT2D eigenvalue weighted by atomic mass is 10.1. The number of ether oxygens (including phenoxy) is 2. The van der Waals surface area contributed by atoms with Crippen molar-refractivity contribution in [3.05, 3.63) is 42.5 Å². The van der Waals surface area contributed by atoms with Crippen molar-refractivity contribution < 1.29 is 13.9 Å². The van der Waals surface area contributed by atoms with Gasteiger partial charge in [0, 0.05) is 37.9 Å². The summed E-state index contributed by atoms with van der Waals surface area (Å²) >= 11 is 0. The largest absolute Gasteiger partial charge is 0.494 e. The average molecular weight is 343 g/mol. The molecule has 3 aromatic rings. The van der Waals surface area contributed by atoms with Crippen LogP contribution in [0, 0.1) is 5.82 Å². The van der Waals surface area contributed by atoms with Crippen LogP contribution in [0.5, 0.6) is 5.75 Å².